The van der Waals surface area contributed by atoms with Crippen LogP contribution in [0.2, 0.25) is 0 Å². The molecule has 1 heterocycles. The van der Waals surface area contributed by atoms with Gasteiger partial charge in [-0.3, -0.25) is 4.79 Å². The summed E-state index contributed by atoms with van der Waals surface area (Å²) in [7, 11) is 0. The number of benzene rings is 2. The van der Waals surface area contributed by atoms with Gasteiger partial charge in [-0.25, -0.2) is 9.78 Å². The van der Waals surface area contributed by atoms with Crippen LogP contribution in [-0.4, -0.2) is 29.3 Å². The Morgan fingerprint density at radius 2 is 1.88 bits per heavy atom. The van der Waals surface area contributed by atoms with Crippen molar-refractivity contribution in [2.75, 3.05) is 5.32 Å². The molecule has 0 saturated carbocycles. The van der Waals surface area contributed by atoms with Crippen LogP contribution in [0.25, 0.3) is 0 Å². The van der Waals surface area contributed by atoms with E-state index in [1.165, 1.54) is 42.2 Å². The fraction of sp³-hybridized carbons (Fsp3) is 0.190. The van der Waals surface area contributed by atoms with Crippen molar-refractivity contribution in [3.8, 4) is 5.75 Å². The van der Waals surface area contributed by atoms with Gasteiger partial charge in [0.1, 0.15) is 5.75 Å². The standard InChI is InChI=1S/C21H17F3N2O4S2/c1-13(19(27)26-14-6-8-16(9-7-14)30-21(22,23)24)29-20(28)17-4-2-3-5-18(17)32-11-15-10-31-12-25-15/h2-10,12-13H,11H2,1H3,(H,26,27)/t13-/m1/s1. The largest absolute Gasteiger partial charge is 0.573 e. The lowest BCUT2D eigenvalue weighted by Crippen LogP contribution is -2.30. The first-order chi connectivity index (χ1) is 15.2. The maximum Gasteiger partial charge on any atom is 0.573 e. The lowest BCUT2D eigenvalue weighted by atomic mass is 10.2. The molecule has 0 bridgehead atoms. The highest BCUT2D eigenvalue weighted by atomic mass is 32.2. The smallest absolute Gasteiger partial charge is 0.449 e. The molecule has 0 saturated heterocycles. The van der Waals surface area contributed by atoms with Crippen LogP contribution < -0.4 is 10.1 Å². The van der Waals surface area contributed by atoms with E-state index in [0.29, 0.717) is 16.2 Å². The second-order valence-corrected chi connectivity index (χ2v) is 8.11. The number of carbonyl (C=O) groups is 2. The van der Waals surface area contributed by atoms with Crippen LogP contribution in [0, 0.1) is 0 Å². The van der Waals surface area contributed by atoms with E-state index < -0.39 is 30.1 Å². The molecule has 3 aromatic rings. The number of ether oxygens (including phenoxy) is 2. The summed E-state index contributed by atoms with van der Waals surface area (Å²) in [5.41, 5.74) is 3.17. The van der Waals surface area contributed by atoms with E-state index in [1.807, 2.05) is 5.38 Å². The Kier molecular flexibility index (Phi) is 7.75. The van der Waals surface area contributed by atoms with Gasteiger partial charge in [0.15, 0.2) is 6.10 Å². The number of nitrogens with zero attached hydrogens (tertiary/aromatic N) is 1. The van der Waals surface area contributed by atoms with Gasteiger partial charge in [-0.15, -0.1) is 36.3 Å². The Labute approximate surface area is 189 Å². The molecule has 1 aromatic heterocycles. The predicted octanol–water partition coefficient (Wildman–Crippen LogP) is 5.52. The normalized spacial score (nSPS) is 12.1. The molecular formula is C21H17F3N2O4S2. The number of carbonyl (C=O) groups excluding carboxylic acids is 2. The van der Waals surface area contributed by atoms with Gasteiger partial charge in [0, 0.05) is 21.7 Å². The predicted molar refractivity (Wildman–Crippen MR) is 115 cm³/mol. The van der Waals surface area contributed by atoms with E-state index >= 15 is 0 Å². The molecule has 2 aromatic carbocycles. The van der Waals surface area contributed by atoms with Crippen LogP contribution >= 0.6 is 23.1 Å². The maximum absolute atomic E-state index is 12.6. The van der Waals surface area contributed by atoms with E-state index in [4.69, 9.17) is 4.74 Å². The van der Waals surface area contributed by atoms with Crippen LogP contribution in [-0.2, 0) is 15.3 Å². The molecule has 1 N–H and O–H groups in total. The van der Waals surface area contributed by atoms with Gasteiger partial charge in [0.2, 0.25) is 0 Å². The van der Waals surface area contributed by atoms with Crippen LogP contribution in [0.15, 0.2) is 64.3 Å². The van der Waals surface area contributed by atoms with Crippen molar-refractivity contribution in [3.05, 3.63) is 70.7 Å². The molecule has 3 rings (SSSR count). The first kappa shape index (κ1) is 23.6. The molecule has 1 atom stereocenters. The zero-order valence-corrected chi connectivity index (χ0v) is 18.2. The Morgan fingerprint density at radius 3 is 2.53 bits per heavy atom. The third-order valence-corrected chi connectivity index (χ3v) is 5.72. The van der Waals surface area contributed by atoms with Gasteiger partial charge in [-0.2, -0.15) is 0 Å². The lowest BCUT2D eigenvalue weighted by Gasteiger charge is -2.15. The maximum atomic E-state index is 12.6. The summed E-state index contributed by atoms with van der Waals surface area (Å²) in [5, 5.41) is 4.40. The number of thiazole rings is 1. The number of anilines is 1. The van der Waals surface area contributed by atoms with Crippen molar-refractivity contribution in [1.29, 1.82) is 0 Å². The van der Waals surface area contributed by atoms with E-state index in [1.54, 1.807) is 29.8 Å². The van der Waals surface area contributed by atoms with Crippen LogP contribution in [0.3, 0.4) is 0 Å². The summed E-state index contributed by atoms with van der Waals surface area (Å²) < 4.78 is 45.7. The molecule has 1 amide bonds. The summed E-state index contributed by atoms with van der Waals surface area (Å²) in [6.45, 7) is 1.40. The van der Waals surface area contributed by atoms with Crippen LogP contribution in [0.1, 0.15) is 23.0 Å². The van der Waals surface area contributed by atoms with Gasteiger partial charge in [0.25, 0.3) is 5.91 Å². The average Bonchev–Trinajstić information content (AvgIpc) is 3.26. The van der Waals surface area contributed by atoms with Gasteiger partial charge in [0.05, 0.1) is 16.8 Å². The number of hydrogen-bond acceptors (Lipinski definition) is 7. The van der Waals surface area contributed by atoms with E-state index in [-0.39, 0.29) is 5.69 Å². The second kappa shape index (κ2) is 10.5. The Balaban J connectivity index is 1.57. The van der Waals surface area contributed by atoms with Crippen molar-refractivity contribution in [1.82, 2.24) is 4.98 Å². The minimum Gasteiger partial charge on any atom is -0.449 e. The molecule has 32 heavy (non-hydrogen) atoms. The summed E-state index contributed by atoms with van der Waals surface area (Å²) in [6, 6.07) is 11.5. The van der Waals surface area contributed by atoms with Crippen molar-refractivity contribution in [3.63, 3.8) is 0 Å². The monoisotopic (exact) mass is 482 g/mol. The molecule has 0 radical (unpaired) electrons. The molecule has 0 fully saturated rings. The highest BCUT2D eigenvalue weighted by molar-refractivity contribution is 7.98. The molecule has 6 nitrogen and oxygen atoms in total. The highest BCUT2D eigenvalue weighted by Gasteiger charge is 2.31. The molecule has 11 heteroatoms. The molecule has 0 unspecified atom stereocenters. The SMILES string of the molecule is C[C@@H](OC(=O)c1ccccc1SCc1cscn1)C(=O)Nc1ccc(OC(F)(F)F)cc1. The minimum atomic E-state index is -4.80. The number of nitrogens with one attached hydrogen (secondary N) is 1. The number of hydrogen-bond donors (Lipinski definition) is 1. The number of rotatable bonds is 8. The number of alkyl halides is 3. The van der Waals surface area contributed by atoms with E-state index in [9.17, 15) is 22.8 Å². The zero-order valence-electron chi connectivity index (χ0n) is 16.6. The first-order valence-corrected chi connectivity index (χ1v) is 11.1. The minimum absolute atomic E-state index is 0.228. The van der Waals surface area contributed by atoms with Crippen molar-refractivity contribution >= 4 is 40.7 Å². The number of thioether (sulfide) groups is 1. The number of aromatic nitrogens is 1. The van der Waals surface area contributed by atoms with Crippen LogP contribution in [0.4, 0.5) is 18.9 Å². The topological polar surface area (TPSA) is 77.5 Å². The summed E-state index contributed by atoms with van der Waals surface area (Å²) >= 11 is 2.91. The molecule has 168 valence electrons. The Morgan fingerprint density at radius 1 is 1.16 bits per heavy atom. The van der Waals surface area contributed by atoms with Gasteiger partial charge < -0.3 is 14.8 Å². The van der Waals surface area contributed by atoms with E-state index in [0.717, 1.165) is 17.8 Å². The van der Waals surface area contributed by atoms with Crippen molar-refractivity contribution in [2.45, 2.75) is 30.0 Å². The molecular weight excluding hydrogens is 465 g/mol. The Bertz CT molecular complexity index is 1060. The highest BCUT2D eigenvalue weighted by Crippen LogP contribution is 2.27. The van der Waals surface area contributed by atoms with Gasteiger partial charge >= 0.3 is 12.3 Å². The fourth-order valence-electron chi connectivity index (χ4n) is 2.48. The van der Waals surface area contributed by atoms with Gasteiger partial charge in [-0.1, -0.05) is 12.1 Å². The summed E-state index contributed by atoms with van der Waals surface area (Å²) in [6.07, 6.45) is -5.94. The quantitative estimate of drug-likeness (QED) is 0.337. The fourth-order valence-corrected chi connectivity index (χ4v) is 4.09. The Hall–Kier alpha value is -3.05. The molecule has 0 aliphatic heterocycles. The lowest BCUT2D eigenvalue weighted by molar-refractivity contribution is -0.274. The third-order valence-electron chi connectivity index (χ3n) is 3.97. The van der Waals surface area contributed by atoms with Gasteiger partial charge in [-0.05, 0) is 43.3 Å². The number of esters is 1. The first-order valence-electron chi connectivity index (χ1n) is 9.18. The van der Waals surface area contributed by atoms with Crippen molar-refractivity contribution < 1.29 is 32.2 Å². The zero-order chi connectivity index (χ0) is 23.1. The summed E-state index contributed by atoms with van der Waals surface area (Å²) in [4.78, 5) is 29.9. The average molecular weight is 483 g/mol. The molecule has 0 spiro atoms. The molecule has 0 aliphatic carbocycles. The molecule has 0 aliphatic rings. The van der Waals surface area contributed by atoms with E-state index in [2.05, 4.69) is 15.0 Å². The third kappa shape index (κ3) is 6.99. The van der Waals surface area contributed by atoms with Crippen molar-refractivity contribution in [2.24, 2.45) is 0 Å². The second-order valence-electron chi connectivity index (χ2n) is 6.37. The summed E-state index contributed by atoms with van der Waals surface area (Å²) in [5.74, 6) is -1.13. The number of amides is 1. The van der Waals surface area contributed by atoms with Crippen LogP contribution in [0.5, 0.6) is 5.75 Å². The number of halogens is 3.